The number of nitrogens with two attached hydrogens (primary N) is 4. The fraction of sp³-hybridized carbons (Fsp3) is 0.647. The number of piperidine rings is 2. The molecule has 0 saturated carbocycles. The summed E-state index contributed by atoms with van der Waals surface area (Å²) >= 11 is 0. The van der Waals surface area contributed by atoms with Crippen LogP contribution in [-0.2, 0) is 0 Å². The first-order valence-corrected chi connectivity index (χ1v) is 9.84. The van der Waals surface area contributed by atoms with E-state index < -0.39 is 0 Å². The van der Waals surface area contributed by atoms with Crippen LogP contribution < -0.4 is 38.1 Å². The van der Waals surface area contributed by atoms with Gasteiger partial charge in [-0.15, -0.1) is 12.4 Å². The number of aromatic nitrogens is 4. The van der Waals surface area contributed by atoms with E-state index in [1.807, 2.05) is 16.7 Å². The van der Waals surface area contributed by atoms with Crippen molar-refractivity contribution in [2.75, 3.05) is 41.3 Å². The molecule has 2 fully saturated rings. The average molecular weight is 440 g/mol. The number of halogens is 1. The van der Waals surface area contributed by atoms with Gasteiger partial charge in [0.15, 0.2) is 5.82 Å². The van der Waals surface area contributed by atoms with E-state index in [2.05, 4.69) is 25.4 Å². The van der Waals surface area contributed by atoms with Crippen molar-refractivity contribution < 1.29 is 4.52 Å². The van der Waals surface area contributed by atoms with Crippen molar-refractivity contribution in [1.82, 2.24) is 20.1 Å². The highest BCUT2D eigenvalue weighted by molar-refractivity contribution is 5.85. The third-order valence-electron chi connectivity index (χ3n) is 5.08. The number of nitrogens with zero attached hydrogens (tertiary/aromatic N) is 6. The first-order chi connectivity index (χ1) is 13.9. The monoisotopic (exact) mass is 439 g/mol. The minimum atomic E-state index is -0.0367. The van der Waals surface area contributed by atoms with Crippen LogP contribution in [0.1, 0.15) is 18.6 Å². The Kier molecular flexibility index (Phi) is 6.93. The minimum Gasteiger partial charge on any atom is -0.360 e. The van der Waals surface area contributed by atoms with Crippen LogP contribution in [0.2, 0.25) is 0 Å². The van der Waals surface area contributed by atoms with Crippen LogP contribution in [0, 0.1) is 6.92 Å². The molecule has 166 valence electrons. The van der Waals surface area contributed by atoms with Crippen LogP contribution >= 0.6 is 12.4 Å². The molecule has 4 atom stereocenters. The van der Waals surface area contributed by atoms with Crippen LogP contribution in [0.15, 0.2) is 10.6 Å². The van der Waals surface area contributed by atoms with Gasteiger partial charge in [-0.3, -0.25) is 0 Å². The third kappa shape index (κ3) is 5.26. The van der Waals surface area contributed by atoms with Crippen LogP contribution in [0.3, 0.4) is 0 Å². The van der Waals surface area contributed by atoms with Crippen molar-refractivity contribution in [2.45, 2.75) is 43.9 Å². The Labute approximate surface area is 181 Å². The van der Waals surface area contributed by atoms with Gasteiger partial charge in [0, 0.05) is 56.4 Å². The molecule has 0 amide bonds. The molecule has 2 aliphatic rings. The van der Waals surface area contributed by atoms with Crippen molar-refractivity contribution in [3.8, 4) is 0 Å². The van der Waals surface area contributed by atoms with E-state index in [9.17, 15) is 0 Å². The fourth-order valence-corrected chi connectivity index (χ4v) is 3.92. The molecular weight excluding hydrogens is 410 g/mol. The van der Waals surface area contributed by atoms with E-state index in [0.717, 1.165) is 12.8 Å². The van der Waals surface area contributed by atoms with Crippen LogP contribution in [-0.4, -0.2) is 70.5 Å². The molecule has 0 aromatic carbocycles. The maximum absolute atomic E-state index is 6.16. The molecule has 0 spiro atoms. The molecule has 0 unspecified atom stereocenters. The molecule has 12 nitrogen and oxygen atoms in total. The second-order valence-corrected chi connectivity index (χ2v) is 8.03. The van der Waals surface area contributed by atoms with E-state index in [-0.39, 0.29) is 36.6 Å². The zero-order valence-corrected chi connectivity index (χ0v) is 17.8. The van der Waals surface area contributed by atoms with Gasteiger partial charge in [0.05, 0.1) is 0 Å². The number of hydrogen-bond acceptors (Lipinski definition) is 12. The third-order valence-corrected chi connectivity index (χ3v) is 5.08. The Hall–Kier alpha value is -2.25. The van der Waals surface area contributed by atoms with Gasteiger partial charge < -0.3 is 42.6 Å². The fourth-order valence-electron chi connectivity index (χ4n) is 3.92. The first-order valence-electron chi connectivity index (χ1n) is 9.84. The number of nitrogens with one attached hydrogen (secondary N) is 1. The average Bonchev–Trinajstić information content (AvgIpc) is 3.04. The van der Waals surface area contributed by atoms with Gasteiger partial charge >= 0.3 is 0 Å². The van der Waals surface area contributed by atoms with Crippen molar-refractivity contribution in [2.24, 2.45) is 22.9 Å². The highest BCUT2D eigenvalue weighted by Crippen LogP contribution is 2.23. The summed E-state index contributed by atoms with van der Waals surface area (Å²) in [6.07, 6.45) is 1.54. The van der Waals surface area contributed by atoms with Gasteiger partial charge in [0.2, 0.25) is 17.8 Å². The van der Waals surface area contributed by atoms with E-state index >= 15 is 0 Å². The summed E-state index contributed by atoms with van der Waals surface area (Å²) in [4.78, 5) is 17.8. The summed E-state index contributed by atoms with van der Waals surface area (Å²) < 4.78 is 5.12. The Morgan fingerprint density at radius 1 is 0.867 bits per heavy atom. The van der Waals surface area contributed by atoms with E-state index in [1.165, 1.54) is 0 Å². The Bertz CT molecular complexity index is 785. The lowest BCUT2D eigenvalue weighted by molar-refractivity contribution is 0.400. The van der Waals surface area contributed by atoms with Gasteiger partial charge in [0.25, 0.3) is 0 Å². The van der Waals surface area contributed by atoms with E-state index in [1.54, 1.807) is 6.07 Å². The number of hydrogen-bond donors (Lipinski definition) is 5. The van der Waals surface area contributed by atoms with Gasteiger partial charge in [-0.25, -0.2) is 0 Å². The Morgan fingerprint density at radius 3 is 1.73 bits per heavy atom. The Morgan fingerprint density at radius 2 is 1.33 bits per heavy atom. The maximum Gasteiger partial charge on any atom is 0.235 e. The summed E-state index contributed by atoms with van der Waals surface area (Å²) in [5.41, 5.74) is 24.6. The van der Waals surface area contributed by atoms with E-state index in [4.69, 9.17) is 27.5 Å². The first kappa shape index (κ1) is 22.4. The number of rotatable bonds is 4. The molecule has 13 heteroatoms. The minimum absolute atomic E-state index is 0. The van der Waals surface area contributed by atoms with Gasteiger partial charge in [0.1, 0.15) is 5.76 Å². The molecule has 0 radical (unpaired) electrons. The lowest BCUT2D eigenvalue weighted by Gasteiger charge is -2.36. The summed E-state index contributed by atoms with van der Waals surface area (Å²) in [6.45, 7) is 4.31. The zero-order valence-electron chi connectivity index (χ0n) is 16.9. The van der Waals surface area contributed by atoms with Gasteiger partial charge in [-0.2, -0.15) is 15.0 Å². The van der Waals surface area contributed by atoms with Crippen molar-refractivity contribution in [3.63, 3.8) is 0 Å². The lowest BCUT2D eigenvalue weighted by atomic mass is 10.0. The van der Waals surface area contributed by atoms with Gasteiger partial charge in [-0.1, -0.05) is 5.16 Å². The molecule has 2 aromatic rings. The summed E-state index contributed by atoms with van der Waals surface area (Å²) in [5, 5.41) is 7.03. The molecule has 0 bridgehead atoms. The predicted molar refractivity (Wildman–Crippen MR) is 117 cm³/mol. The molecule has 9 N–H and O–H groups in total. The highest BCUT2D eigenvalue weighted by atomic mass is 35.5. The standard InChI is InChI=1S/C17H29N11O.ClH/c1-9-2-14(26-29-9)22-15-23-16(27-5-10(18)3-11(19)6-27)25-17(24-15)28-7-12(20)4-13(21)8-28;/h2,10-13H,3-8,18-21H2,1H3,(H,22,23,24,25,26);1H/t10-,11+,12-,13+;. The number of anilines is 4. The highest BCUT2D eigenvalue weighted by Gasteiger charge is 2.28. The second-order valence-electron chi connectivity index (χ2n) is 8.03. The molecule has 2 aliphatic heterocycles. The molecule has 4 rings (SSSR count). The zero-order chi connectivity index (χ0) is 20.5. The summed E-state index contributed by atoms with van der Waals surface area (Å²) in [7, 11) is 0. The summed E-state index contributed by atoms with van der Waals surface area (Å²) in [5.74, 6) is 2.58. The topological polar surface area (TPSA) is 187 Å². The molecule has 2 saturated heterocycles. The Balaban J connectivity index is 0.00000256. The lowest BCUT2D eigenvalue weighted by Crippen LogP contribution is -2.54. The van der Waals surface area contributed by atoms with Crippen LogP contribution in [0.5, 0.6) is 0 Å². The van der Waals surface area contributed by atoms with Crippen molar-refractivity contribution >= 4 is 36.1 Å². The molecule has 4 heterocycles. The molecule has 2 aromatic heterocycles. The molecule has 0 aliphatic carbocycles. The maximum atomic E-state index is 6.16. The predicted octanol–water partition coefficient (Wildman–Crippen LogP) is -0.937. The largest absolute Gasteiger partial charge is 0.360 e. The smallest absolute Gasteiger partial charge is 0.235 e. The normalized spacial score (nSPS) is 27.0. The number of aryl methyl sites for hydroxylation is 1. The van der Waals surface area contributed by atoms with Crippen LogP contribution in [0.4, 0.5) is 23.7 Å². The quantitative estimate of drug-likeness (QED) is 0.394. The SMILES string of the molecule is Cc1cc(Nc2nc(N3C[C@H](N)C[C@H](N)C3)nc(N3C[C@H](N)C[C@H](N)C3)n2)no1.Cl. The summed E-state index contributed by atoms with van der Waals surface area (Å²) in [6, 6.07) is 1.62. The van der Waals surface area contributed by atoms with Crippen molar-refractivity contribution in [3.05, 3.63) is 11.8 Å². The van der Waals surface area contributed by atoms with Gasteiger partial charge in [-0.05, 0) is 19.8 Å². The second kappa shape index (κ2) is 9.27. The van der Waals surface area contributed by atoms with Crippen molar-refractivity contribution in [1.29, 1.82) is 0 Å². The van der Waals surface area contributed by atoms with E-state index in [0.29, 0.717) is 55.6 Å². The molecular formula is C17H30ClN11O. The van der Waals surface area contributed by atoms with Crippen LogP contribution in [0.25, 0.3) is 0 Å². The molecule has 30 heavy (non-hydrogen) atoms.